The van der Waals surface area contributed by atoms with Gasteiger partial charge in [0.1, 0.15) is 0 Å². The van der Waals surface area contributed by atoms with Crippen LogP contribution in [0, 0.1) is 17.0 Å². The molecule has 1 aliphatic heterocycles. The van der Waals surface area contributed by atoms with Gasteiger partial charge in [-0.2, -0.15) is 0 Å². The standard InChI is InChI=1S/C21H20N4O4/c1-14-19(17-4-2-3-5-18(17)22-14)20(26)21(27)24-12-10-23(11-13-24)15-6-8-16(9-7-15)25(28)29/h2-9,22H,10-13H2,1H3. The number of benzene rings is 2. The Kier molecular flexibility index (Phi) is 4.75. The van der Waals surface area contributed by atoms with E-state index in [2.05, 4.69) is 9.88 Å². The zero-order chi connectivity index (χ0) is 20.5. The molecule has 3 aromatic rings. The summed E-state index contributed by atoms with van der Waals surface area (Å²) in [4.78, 5) is 42.9. The number of non-ortho nitro benzene ring substituents is 1. The van der Waals surface area contributed by atoms with Crippen LogP contribution in [0.25, 0.3) is 10.9 Å². The van der Waals surface area contributed by atoms with Gasteiger partial charge in [0.05, 0.1) is 10.5 Å². The number of fused-ring (bicyclic) bond motifs is 1. The zero-order valence-electron chi connectivity index (χ0n) is 15.9. The van der Waals surface area contributed by atoms with Crippen LogP contribution in [0.4, 0.5) is 11.4 Å². The van der Waals surface area contributed by atoms with Crippen molar-refractivity contribution in [2.75, 3.05) is 31.1 Å². The lowest BCUT2D eigenvalue weighted by atomic mass is 10.1. The summed E-state index contributed by atoms with van der Waals surface area (Å²) in [7, 11) is 0. The summed E-state index contributed by atoms with van der Waals surface area (Å²) in [5.74, 6) is -0.995. The van der Waals surface area contributed by atoms with Crippen LogP contribution in [0.5, 0.6) is 0 Å². The molecule has 0 spiro atoms. The molecule has 0 radical (unpaired) electrons. The first kappa shape index (κ1) is 18.7. The highest BCUT2D eigenvalue weighted by Crippen LogP contribution is 2.24. The molecule has 1 aliphatic rings. The molecule has 2 heterocycles. The average Bonchev–Trinajstić information content (AvgIpc) is 3.08. The summed E-state index contributed by atoms with van der Waals surface area (Å²) in [5.41, 5.74) is 2.87. The molecule has 2 aromatic carbocycles. The van der Waals surface area contributed by atoms with Gasteiger partial charge < -0.3 is 14.8 Å². The maximum absolute atomic E-state index is 12.9. The highest BCUT2D eigenvalue weighted by molar-refractivity contribution is 6.45. The van der Waals surface area contributed by atoms with Crippen molar-refractivity contribution in [3.63, 3.8) is 0 Å². The van der Waals surface area contributed by atoms with Gasteiger partial charge in [0, 0.05) is 60.6 Å². The molecule has 0 aliphatic carbocycles. The summed E-state index contributed by atoms with van der Waals surface area (Å²) >= 11 is 0. The Morgan fingerprint density at radius 3 is 2.31 bits per heavy atom. The van der Waals surface area contributed by atoms with E-state index >= 15 is 0 Å². The second kappa shape index (κ2) is 7.38. The summed E-state index contributed by atoms with van der Waals surface area (Å²) < 4.78 is 0. The molecule has 0 unspecified atom stereocenters. The van der Waals surface area contributed by atoms with E-state index in [0.29, 0.717) is 37.4 Å². The Labute approximate surface area is 166 Å². The molecule has 1 amide bonds. The van der Waals surface area contributed by atoms with Gasteiger partial charge in [-0.15, -0.1) is 0 Å². The molecule has 8 heteroatoms. The molecular weight excluding hydrogens is 372 g/mol. The second-order valence-electron chi connectivity index (χ2n) is 7.05. The molecule has 8 nitrogen and oxygen atoms in total. The lowest BCUT2D eigenvalue weighted by Gasteiger charge is -2.35. The van der Waals surface area contributed by atoms with E-state index in [4.69, 9.17) is 0 Å². The van der Waals surface area contributed by atoms with Gasteiger partial charge in [-0.3, -0.25) is 19.7 Å². The number of H-pyrrole nitrogens is 1. The number of Topliss-reactive ketones (excluding diaryl/α,β-unsaturated/α-hetero) is 1. The van der Waals surface area contributed by atoms with Crippen molar-refractivity contribution in [3.8, 4) is 0 Å². The van der Waals surface area contributed by atoms with Crippen LogP contribution in [-0.4, -0.2) is 52.7 Å². The van der Waals surface area contributed by atoms with Gasteiger partial charge in [0.15, 0.2) is 0 Å². The first-order valence-electron chi connectivity index (χ1n) is 9.36. The third-order valence-corrected chi connectivity index (χ3v) is 5.31. The van der Waals surface area contributed by atoms with E-state index < -0.39 is 16.6 Å². The van der Waals surface area contributed by atoms with E-state index in [-0.39, 0.29) is 5.69 Å². The number of para-hydroxylation sites is 1. The fourth-order valence-corrected chi connectivity index (χ4v) is 3.77. The summed E-state index contributed by atoms with van der Waals surface area (Å²) in [6, 6.07) is 13.8. The van der Waals surface area contributed by atoms with Gasteiger partial charge in [0.25, 0.3) is 17.4 Å². The normalized spacial score (nSPS) is 14.2. The number of aryl methyl sites for hydroxylation is 1. The first-order chi connectivity index (χ1) is 14.0. The Hall–Kier alpha value is -3.68. The van der Waals surface area contributed by atoms with Crippen molar-refractivity contribution in [3.05, 3.63) is 69.9 Å². The number of nitrogens with one attached hydrogen (secondary N) is 1. The van der Waals surface area contributed by atoms with Crippen LogP contribution in [0.3, 0.4) is 0 Å². The van der Waals surface area contributed by atoms with Gasteiger partial charge in [-0.05, 0) is 25.1 Å². The van der Waals surface area contributed by atoms with E-state index in [0.717, 1.165) is 16.6 Å². The van der Waals surface area contributed by atoms with Crippen LogP contribution in [0.15, 0.2) is 48.5 Å². The number of ketones is 1. The maximum Gasteiger partial charge on any atom is 0.295 e. The highest BCUT2D eigenvalue weighted by atomic mass is 16.6. The Bertz CT molecular complexity index is 1100. The van der Waals surface area contributed by atoms with E-state index in [1.165, 1.54) is 12.1 Å². The minimum absolute atomic E-state index is 0.0438. The molecule has 4 rings (SSSR count). The van der Waals surface area contributed by atoms with Crippen LogP contribution >= 0.6 is 0 Å². The predicted octanol–water partition coefficient (Wildman–Crippen LogP) is 2.92. The van der Waals surface area contributed by atoms with E-state index in [9.17, 15) is 19.7 Å². The summed E-state index contributed by atoms with van der Waals surface area (Å²) in [6.45, 7) is 3.76. The van der Waals surface area contributed by atoms with Crippen molar-refractivity contribution >= 4 is 34.0 Å². The number of carbonyl (C=O) groups is 2. The van der Waals surface area contributed by atoms with Crippen LogP contribution in [0.2, 0.25) is 0 Å². The second-order valence-corrected chi connectivity index (χ2v) is 7.05. The molecular formula is C21H20N4O4. The number of aromatic nitrogens is 1. The fourth-order valence-electron chi connectivity index (χ4n) is 3.77. The molecule has 148 valence electrons. The largest absolute Gasteiger partial charge is 0.368 e. The monoisotopic (exact) mass is 392 g/mol. The number of anilines is 1. The summed E-state index contributed by atoms with van der Waals surface area (Å²) in [5, 5.41) is 11.5. The number of aromatic amines is 1. The molecule has 1 fully saturated rings. The fraction of sp³-hybridized carbons (Fsp3) is 0.238. The Morgan fingerprint density at radius 2 is 1.66 bits per heavy atom. The van der Waals surface area contributed by atoms with Crippen LogP contribution in [-0.2, 0) is 4.79 Å². The minimum atomic E-state index is -0.499. The smallest absolute Gasteiger partial charge is 0.295 e. The molecule has 0 saturated carbocycles. The number of nitro benzene ring substituents is 1. The lowest BCUT2D eigenvalue weighted by molar-refractivity contribution is -0.384. The Morgan fingerprint density at radius 1 is 1.00 bits per heavy atom. The van der Waals surface area contributed by atoms with Crippen LogP contribution < -0.4 is 4.90 Å². The van der Waals surface area contributed by atoms with Gasteiger partial charge >= 0.3 is 0 Å². The van der Waals surface area contributed by atoms with Crippen molar-refractivity contribution in [1.29, 1.82) is 0 Å². The highest BCUT2D eigenvalue weighted by Gasteiger charge is 2.29. The first-order valence-corrected chi connectivity index (χ1v) is 9.36. The number of carbonyl (C=O) groups excluding carboxylic acids is 2. The number of nitrogens with zero attached hydrogens (tertiary/aromatic N) is 3. The third-order valence-electron chi connectivity index (χ3n) is 5.31. The number of rotatable bonds is 4. The summed E-state index contributed by atoms with van der Waals surface area (Å²) in [6.07, 6.45) is 0. The number of nitro groups is 1. The zero-order valence-corrected chi connectivity index (χ0v) is 15.9. The Balaban J connectivity index is 1.45. The van der Waals surface area contributed by atoms with Crippen molar-refractivity contribution in [2.24, 2.45) is 0 Å². The SMILES string of the molecule is Cc1[nH]c2ccccc2c1C(=O)C(=O)N1CCN(c2ccc([N+](=O)[O-])cc2)CC1. The van der Waals surface area contributed by atoms with Crippen LogP contribution in [0.1, 0.15) is 16.1 Å². The quantitative estimate of drug-likeness (QED) is 0.318. The number of amides is 1. The van der Waals surface area contributed by atoms with E-state index in [1.807, 2.05) is 24.3 Å². The number of hydrogen-bond donors (Lipinski definition) is 1. The molecule has 1 N–H and O–H groups in total. The van der Waals surface area contributed by atoms with E-state index in [1.54, 1.807) is 24.0 Å². The molecule has 0 atom stereocenters. The van der Waals surface area contributed by atoms with Gasteiger partial charge in [-0.25, -0.2) is 0 Å². The molecule has 1 aromatic heterocycles. The minimum Gasteiger partial charge on any atom is -0.368 e. The van der Waals surface area contributed by atoms with Crippen molar-refractivity contribution < 1.29 is 14.5 Å². The third kappa shape index (κ3) is 3.44. The average molecular weight is 392 g/mol. The van der Waals surface area contributed by atoms with Gasteiger partial charge in [0.2, 0.25) is 0 Å². The molecule has 1 saturated heterocycles. The van der Waals surface area contributed by atoms with Crippen molar-refractivity contribution in [1.82, 2.24) is 9.88 Å². The topological polar surface area (TPSA) is 99.6 Å². The number of piperazine rings is 1. The predicted molar refractivity (Wildman–Crippen MR) is 109 cm³/mol. The van der Waals surface area contributed by atoms with Crippen molar-refractivity contribution in [2.45, 2.75) is 6.92 Å². The lowest BCUT2D eigenvalue weighted by Crippen LogP contribution is -2.50. The molecule has 0 bridgehead atoms. The molecule has 29 heavy (non-hydrogen) atoms. The van der Waals surface area contributed by atoms with Gasteiger partial charge in [-0.1, -0.05) is 18.2 Å². The maximum atomic E-state index is 12.9. The number of hydrogen-bond acceptors (Lipinski definition) is 5.